The van der Waals surface area contributed by atoms with Crippen LogP contribution >= 0.6 is 10.7 Å². The number of hydrogen-bond acceptors (Lipinski definition) is 4. The smallest absolute Gasteiger partial charge is 0.261 e. The number of halogens is 1. The maximum absolute atomic E-state index is 12.2. The van der Waals surface area contributed by atoms with Crippen molar-refractivity contribution in [3.8, 4) is 5.75 Å². The molecule has 1 saturated carbocycles. The number of amides is 1. The first kappa shape index (κ1) is 14.7. The van der Waals surface area contributed by atoms with Crippen LogP contribution in [0.4, 0.5) is 0 Å². The minimum atomic E-state index is -3.79. The standard InChI is InChI=1S/C14H16ClNO4S/c1-14(2)6-10(14)13(17)16-11-7-20-12-4-3-8(5-9(11)12)21(15,18)19/h3-5,10-11H,6-7H2,1-2H3,(H,16,17). The summed E-state index contributed by atoms with van der Waals surface area (Å²) in [5.74, 6) is 0.585. The van der Waals surface area contributed by atoms with Crippen molar-refractivity contribution in [3.63, 3.8) is 0 Å². The molecule has 0 bridgehead atoms. The zero-order valence-electron chi connectivity index (χ0n) is 11.7. The normalized spacial score (nSPS) is 25.9. The molecule has 1 aromatic carbocycles. The Morgan fingerprint density at radius 3 is 2.67 bits per heavy atom. The molecule has 21 heavy (non-hydrogen) atoms. The Morgan fingerprint density at radius 2 is 2.10 bits per heavy atom. The SMILES string of the molecule is CC1(C)CC1C(=O)NC1COc2ccc(S(=O)(=O)Cl)cc21. The molecule has 5 nitrogen and oxygen atoms in total. The highest BCUT2D eigenvalue weighted by Gasteiger charge is 2.51. The Labute approximate surface area is 128 Å². The van der Waals surface area contributed by atoms with E-state index in [0.29, 0.717) is 17.9 Å². The molecule has 0 radical (unpaired) electrons. The monoisotopic (exact) mass is 329 g/mol. The van der Waals surface area contributed by atoms with E-state index in [9.17, 15) is 13.2 Å². The predicted octanol–water partition coefficient (Wildman–Crippen LogP) is 2.21. The number of nitrogens with one attached hydrogen (secondary N) is 1. The third-order valence-corrected chi connectivity index (χ3v) is 5.54. The molecular weight excluding hydrogens is 314 g/mol. The lowest BCUT2D eigenvalue weighted by atomic mass is 10.1. The van der Waals surface area contributed by atoms with E-state index in [1.807, 2.05) is 0 Å². The van der Waals surface area contributed by atoms with Crippen molar-refractivity contribution in [2.75, 3.05) is 6.61 Å². The van der Waals surface area contributed by atoms with Gasteiger partial charge in [0.15, 0.2) is 0 Å². The Morgan fingerprint density at radius 1 is 1.43 bits per heavy atom. The molecule has 2 unspecified atom stereocenters. The van der Waals surface area contributed by atoms with E-state index in [-0.39, 0.29) is 28.2 Å². The van der Waals surface area contributed by atoms with Crippen LogP contribution < -0.4 is 10.1 Å². The van der Waals surface area contributed by atoms with Crippen molar-refractivity contribution in [3.05, 3.63) is 23.8 Å². The van der Waals surface area contributed by atoms with Gasteiger partial charge >= 0.3 is 0 Å². The van der Waals surface area contributed by atoms with Gasteiger partial charge in [0.25, 0.3) is 9.05 Å². The summed E-state index contributed by atoms with van der Waals surface area (Å²) in [6, 6.07) is 4.10. The zero-order chi connectivity index (χ0) is 15.4. The van der Waals surface area contributed by atoms with Gasteiger partial charge < -0.3 is 10.1 Å². The van der Waals surface area contributed by atoms with Gasteiger partial charge in [0.05, 0.1) is 10.9 Å². The largest absolute Gasteiger partial charge is 0.491 e. The summed E-state index contributed by atoms with van der Waals surface area (Å²) in [5.41, 5.74) is 0.705. The highest BCUT2D eigenvalue weighted by atomic mass is 35.7. The number of rotatable bonds is 3. The van der Waals surface area contributed by atoms with Crippen molar-refractivity contribution in [2.24, 2.45) is 11.3 Å². The maximum atomic E-state index is 12.2. The van der Waals surface area contributed by atoms with Crippen molar-refractivity contribution in [2.45, 2.75) is 31.2 Å². The van der Waals surface area contributed by atoms with Gasteiger partial charge in [-0.15, -0.1) is 0 Å². The summed E-state index contributed by atoms with van der Waals surface area (Å²) in [7, 11) is 1.56. The number of carbonyl (C=O) groups excluding carboxylic acids is 1. The molecule has 3 rings (SSSR count). The molecule has 1 aliphatic carbocycles. The fraction of sp³-hybridized carbons (Fsp3) is 0.500. The number of carbonyl (C=O) groups is 1. The summed E-state index contributed by atoms with van der Waals surface area (Å²) >= 11 is 0. The molecule has 1 fully saturated rings. The van der Waals surface area contributed by atoms with E-state index in [0.717, 1.165) is 6.42 Å². The van der Waals surface area contributed by atoms with Crippen molar-refractivity contribution in [1.29, 1.82) is 0 Å². The average molecular weight is 330 g/mol. The van der Waals surface area contributed by atoms with Crippen LogP contribution in [0.15, 0.2) is 23.1 Å². The highest BCUT2D eigenvalue weighted by molar-refractivity contribution is 8.13. The molecule has 114 valence electrons. The van der Waals surface area contributed by atoms with Crippen LogP contribution in [0.5, 0.6) is 5.75 Å². The first-order valence-corrected chi connectivity index (χ1v) is 9.01. The molecule has 0 saturated heterocycles. The lowest BCUT2D eigenvalue weighted by Gasteiger charge is -2.13. The number of benzene rings is 1. The molecule has 1 aliphatic heterocycles. The van der Waals surface area contributed by atoms with Crippen LogP contribution in [0.1, 0.15) is 31.9 Å². The first-order valence-electron chi connectivity index (χ1n) is 6.70. The van der Waals surface area contributed by atoms with Crippen molar-refractivity contribution in [1.82, 2.24) is 5.32 Å². The van der Waals surface area contributed by atoms with E-state index in [1.165, 1.54) is 12.1 Å². The summed E-state index contributed by atoms with van der Waals surface area (Å²) < 4.78 is 28.3. The number of hydrogen-bond donors (Lipinski definition) is 1. The van der Waals surface area contributed by atoms with E-state index < -0.39 is 9.05 Å². The van der Waals surface area contributed by atoms with Gasteiger partial charge in [0.1, 0.15) is 12.4 Å². The maximum Gasteiger partial charge on any atom is 0.261 e. The molecule has 2 atom stereocenters. The zero-order valence-corrected chi connectivity index (χ0v) is 13.3. The minimum Gasteiger partial charge on any atom is -0.491 e. The predicted molar refractivity (Wildman–Crippen MR) is 77.7 cm³/mol. The lowest BCUT2D eigenvalue weighted by Crippen LogP contribution is -2.31. The third-order valence-electron chi connectivity index (χ3n) is 4.19. The van der Waals surface area contributed by atoms with E-state index in [4.69, 9.17) is 15.4 Å². The molecule has 1 N–H and O–H groups in total. The molecule has 0 spiro atoms. The molecule has 2 aliphatic rings. The van der Waals surface area contributed by atoms with Gasteiger partial charge in [-0.05, 0) is 30.0 Å². The quantitative estimate of drug-likeness (QED) is 0.863. The summed E-state index contributed by atoms with van der Waals surface area (Å²) in [5, 5.41) is 2.93. The Kier molecular flexibility index (Phi) is 3.22. The topological polar surface area (TPSA) is 72.5 Å². The van der Waals surface area contributed by atoms with Crippen LogP contribution in [0.2, 0.25) is 0 Å². The van der Waals surface area contributed by atoms with E-state index >= 15 is 0 Å². The second kappa shape index (κ2) is 4.61. The molecule has 1 amide bonds. The summed E-state index contributed by atoms with van der Waals surface area (Å²) in [6.07, 6.45) is 0.870. The molecule has 1 heterocycles. The second-order valence-electron chi connectivity index (χ2n) is 6.25. The van der Waals surface area contributed by atoms with Crippen LogP contribution in [0.25, 0.3) is 0 Å². The van der Waals surface area contributed by atoms with Crippen LogP contribution in [-0.4, -0.2) is 20.9 Å². The fourth-order valence-corrected chi connectivity index (χ4v) is 3.44. The van der Waals surface area contributed by atoms with E-state index in [1.54, 1.807) is 6.07 Å². The Hall–Kier alpha value is -1.27. The summed E-state index contributed by atoms with van der Waals surface area (Å²) in [4.78, 5) is 12.2. The molecule has 0 aromatic heterocycles. The van der Waals surface area contributed by atoms with E-state index in [2.05, 4.69) is 19.2 Å². The van der Waals surface area contributed by atoms with Crippen LogP contribution in [0, 0.1) is 11.3 Å². The average Bonchev–Trinajstić information content (AvgIpc) is 2.85. The van der Waals surface area contributed by atoms with Gasteiger partial charge in [-0.1, -0.05) is 13.8 Å². The van der Waals surface area contributed by atoms with Gasteiger partial charge in [0, 0.05) is 22.2 Å². The fourth-order valence-electron chi connectivity index (χ4n) is 2.65. The van der Waals surface area contributed by atoms with Crippen molar-refractivity contribution < 1.29 is 17.9 Å². The highest BCUT2D eigenvalue weighted by Crippen LogP contribution is 2.52. The lowest BCUT2D eigenvalue weighted by molar-refractivity contribution is -0.123. The van der Waals surface area contributed by atoms with Gasteiger partial charge in [-0.25, -0.2) is 8.42 Å². The number of fused-ring (bicyclic) bond motifs is 1. The minimum absolute atomic E-state index is 0.0133. The third kappa shape index (κ3) is 2.74. The van der Waals surface area contributed by atoms with Crippen molar-refractivity contribution >= 4 is 25.6 Å². The Balaban J connectivity index is 1.81. The number of ether oxygens (including phenoxy) is 1. The first-order chi connectivity index (χ1) is 9.68. The van der Waals surface area contributed by atoms with Gasteiger partial charge in [-0.2, -0.15) is 0 Å². The molecule has 1 aromatic rings. The van der Waals surface area contributed by atoms with Crippen LogP contribution in [0.3, 0.4) is 0 Å². The van der Waals surface area contributed by atoms with Crippen LogP contribution in [-0.2, 0) is 13.8 Å². The molecular formula is C14H16ClNO4S. The molecule has 7 heteroatoms. The summed E-state index contributed by atoms with van der Waals surface area (Å²) in [6.45, 7) is 4.41. The van der Waals surface area contributed by atoms with Gasteiger partial charge in [-0.3, -0.25) is 4.79 Å². The second-order valence-corrected chi connectivity index (χ2v) is 8.82. The Bertz CT molecular complexity index is 714. The van der Waals surface area contributed by atoms with Gasteiger partial charge in [0.2, 0.25) is 5.91 Å².